The molecule has 1 aromatic heterocycles. The predicted molar refractivity (Wildman–Crippen MR) is 65.1 cm³/mol. The van der Waals surface area contributed by atoms with E-state index < -0.39 is 0 Å². The van der Waals surface area contributed by atoms with Gasteiger partial charge in [0.25, 0.3) is 0 Å². The maximum absolute atomic E-state index is 8.97. The Bertz CT molecular complexity index is 358. The summed E-state index contributed by atoms with van der Waals surface area (Å²) in [6.07, 6.45) is 3.72. The van der Waals surface area contributed by atoms with Crippen LogP contribution in [0.2, 0.25) is 5.15 Å². The van der Waals surface area contributed by atoms with Gasteiger partial charge in [0.2, 0.25) is 0 Å². The zero-order valence-electron chi connectivity index (χ0n) is 9.62. The normalized spacial score (nSPS) is 16.8. The van der Waals surface area contributed by atoms with Gasteiger partial charge in [0.15, 0.2) is 11.0 Å². The smallest absolute Gasteiger partial charge is 0.166 e. The molecule has 1 saturated heterocycles. The second-order valence-electron chi connectivity index (χ2n) is 4.20. The molecule has 0 bridgehead atoms. The van der Waals surface area contributed by atoms with E-state index in [2.05, 4.69) is 9.88 Å². The lowest BCUT2D eigenvalue weighted by molar-refractivity contribution is 0.275. The Hall–Kier alpha value is -0.740. The summed E-state index contributed by atoms with van der Waals surface area (Å²) >= 11 is 6.29. The van der Waals surface area contributed by atoms with Crippen molar-refractivity contribution in [3.63, 3.8) is 0 Å². The van der Waals surface area contributed by atoms with Crippen molar-refractivity contribution in [1.29, 1.82) is 0 Å². The Morgan fingerprint density at radius 2 is 2.00 bits per heavy atom. The molecule has 2 heterocycles. The summed E-state index contributed by atoms with van der Waals surface area (Å²) in [5.74, 6) is 1.76. The Balaban J connectivity index is 2.23. The summed E-state index contributed by atoms with van der Waals surface area (Å²) in [5.41, 5.74) is 0. The first kappa shape index (κ1) is 11.7. The molecule has 4 nitrogen and oxygen atoms in total. The van der Waals surface area contributed by atoms with Crippen molar-refractivity contribution in [2.45, 2.75) is 32.7 Å². The molecule has 90 valence electrons. The Kier molecular flexibility index (Phi) is 3.71. The third-order valence-electron chi connectivity index (χ3n) is 3.06. The Labute approximate surface area is 101 Å². The first-order valence-electron chi connectivity index (χ1n) is 5.82. The predicted octanol–water partition coefficient (Wildman–Crippen LogP) is 1.83. The van der Waals surface area contributed by atoms with E-state index in [4.69, 9.17) is 16.7 Å². The monoisotopic (exact) mass is 243 g/mol. The average molecular weight is 244 g/mol. The highest BCUT2D eigenvalue weighted by molar-refractivity contribution is 6.32. The minimum absolute atomic E-state index is 0.0936. The molecule has 0 atom stereocenters. The number of halogens is 1. The first-order valence-corrected chi connectivity index (χ1v) is 6.20. The summed E-state index contributed by atoms with van der Waals surface area (Å²) in [7, 11) is 0. The molecule has 0 saturated carbocycles. The van der Waals surface area contributed by atoms with Crippen LogP contribution in [-0.2, 0) is 6.54 Å². The summed E-state index contributed by atoms with van der Waals surface area (Å²) in [5, 5.41) is 9.63. The first-order chi connectivity index (χ1) is 7.74. The third kappa shape index (κ3) is 2.18. The lowest BCUT2D eigenvalue weighted by atomic mass is 10.1. The highest BCUT2D eigenvalue weighted by Gasteiger charge is 2.19. The largest absolute Gasteiger partial charge is 0.395 e. The molecule has 0 aromatic carbocycles. The number of hydrogen-bond acceptors (Lipinski definition) is 3. The molecule has 0 radical (unpaired) electrons. The van der Waals surface area contributed by atoms with E-state index in [0.29, 0.717) is 11.7 Å². The number of piperidine rings is 1. The zero-order valence-corrected chi connectivity index (χ0v) is 10.4. The van der Waals surface area contributed by atoms with Crippen LogP contribution >= 0.6 is 11.6 Å². The fourth-order valence-corrected chi connectivity index (χ4v) is 2.56. The van der Waals surface area contributed by atoms with Crippen molar-refractivity contribution < 1.29 is 5.11 Å². The van der Waals surface area contributed by atoms with Gasteiger partial charge in [-0.25, -0.2) is 4.98 Å². The van der Waals surface area contributed by atoms with E-state index in [0.717, 1.165) is 24.7 Å². The number of aliphatic hydroxyl groups is 1. The number of anilines is 1. The highest BCUT2D eigenvalue weighted by atomic mass is 35.5. The van der Waals surface area contributed by atoms with Gasteiger partial charge in [-0.2, -0.15) is 0 Å². The van der Waals surface area contributed by atoms with Gasteiger partial charge in [0, 0.05) is 19.6 Å². The van der Waals surface area contributed by atoms with Crippen molar-refractivity contribution in [3.8, 4) is 0 Å². The summed E-state index contributed by atoms with van der Waals surface area (Å²) in [6, 6.07) is 0. The summed E-state index contributed by atoms with van der Waals surface area (Å²) < 4.78 is 1.87. The second-order valence-corrected chi connectivity index (χ2v) is 4.55. The van der Waals surface area contributed by atoms with Crippen LogP contribution in [0, 0.1) is 6.92 Å². The van der Waals surface area contributed by atoms with Gasteiger partial charge in [-0.1, -0.05) is 11.6 Å². The van der Waals surface area contributed by atoms with E-state index >= 15 is 0 Å². The SMILES string of the molecule is Cc1nc(N2CCCCC2)c(Cl)n1CCO. The van der Waals surface area contributed by atoms with Crippen molar-refractivity contribution in [2.24, 2.45) is 0 Å². The molecule has 0 spiro atoms. The molecule has 1 N–H and O–H groups in total. The van der Waals surface area contributed by atoms with Crippen molar-refractivity contribution in [1.82, 2.24) is 9.55 Å². The van der Waals surface area contributed by atoms with Crippen LogP contribution < -0.4 is 4.90 Å². The second kappa shape index (κ2) is 5.06. The number of aryl methyl sites for hydroxylation is 1. The molecule has 0 amide bonds. The van der Waals surface area contributed by atoms with Crippen LogP contribution in [0.15, 0.2) is 0 Å². The molecule has 0 unspecified atom stereocenters. The topological polar surface area (TPSA) is 41.3 Å². The Morgan fingerprint density at radius 3 is 2.62 bits per heavy atom. The Morgan fingerprint density at radius 1 is 1.31 bits per heavy atom. The van der Waals surface area contributed by atoms with Crippen LogP contribution in [-0.4, -0.2) is 34.4 Å². The molecular formula is C11H18ClN3O. The lowest BCUT2D eigenvalue weighted by Gasteiger charge is -2.26. The van der Waals surface area contributed by atoms with E-state index in [9.17, 15) is 0 Å². The molecule has 1 aliphatic rings. The minimum atomic E-state index is 0.0936. The quantitative estimate of drug-likeness (QED) is 0.881. The van der Waals surface area contributed by atoms with Crippen LogP contribution in [0.5, 0.6) is 0 Å². The van der Waals surface area contributed by atoms with Crippen molar-refractivity contribution >= 4 is 17.4 Å². The standard InChI is InChI=1S/C11H18ClN3O/c1-9-13-11(10(12)15(9)7-8-16)14-5-3-2-4-6-14/h16H,2-8H2,1H3. The van der Waals surface area contributed by atoms with Gasteiger partial charge in [0.05, 0.1) is 6.61 Å². The van der Waals surface area contributed by atoms with E-state index in [1.54, 1.807) is 0 Å². The number of rotatable bonds is 3. The lowest BCUT2D eigenvalue weighted by Crippen LogP contribution is -2.29. The van der Waals surface area contributed by atoms with Gasteiger partial charge in [-0.05, 0) is 26.2 Å². The fraction of sp³-hybridized carbons (Fsp3) is 0.727. The number of hydrogen-bond donors (Lipinski definition) is 1. The molecule has 1 aromatic rings. The van der Waals surface area contributed by atoms with Crippen LogP contribution in [0.3, 0.4) is 0 Å². The molecule has 1 fully saturated rings. The van der Waals surface area contributed by atoms with Gasteiger partial charge >= 0.3 is 0 Å². The third-order valence-corrected chi connectivity index (χ3v) is 3.43. The number of aliphatic hydroxyl groups excluding tert-OH is 1. The van der Waals surface area contributed by atoms with Crippen LogP contribution in [0.4, 0.5) is 5.82 Å². The van der Waals surface area contributed by atoms with E-state index in [1.807, 2.05) is 11.5 Å². The number of imidazole rings is 1. The maximum atomic E-state index is 8.97. The summed E-state index contributed by atoms with van der Waals surface area (Å²) in [6.45, 7) is 4.61. The van der Waals surface area contributed by atoms with Crippen molar-refractivity contribution in [3.05, 3.63) is 11.0 Å². The zero-order chi connectivity index (χ0) is 11.5. The molecule has 16 heavy (non-hydrogen) atoms. The molecule has 1 aliphatic heterocycles. The van der Waals surface area contributed by atoms with E-state index in [-0.39, 0.29) is 6.61 Å². The number of aromatic nitrogens is 2. The molecule has 0 aliphatic carbocycles. The van der Waals surface area contributed by atoms with Gasteiger partial charge in [0.1, 0.15) is 5.82 Å². The summed E-state index contributed by atoms with van der Waals surface area (Å²) in [4.78, 5) is 6.74. The maximum Gasteiger partial charge on any atom is 0.166 e. The van der Waals surface area contributed by atoms with Crippen LogP contribution in [0.1, 0.15) is 25.1 Å². The van der Waals surface area contributed by atoms with Gasteiger partial charge in [-0.15, -0.1) is 0 Å². The van der Waals surface area contributed by atoms with Crippen LogP contribution in [0.25, 0.3) is 0 Å². The fourth-order valence-electron chi connectivity index (χ4n) is 2.19. The molecule has 5 heteroatoms. The van der Waals surface area contributed by atoms with E-state index in [1.165, 1.54) is 19.3 Å². The highest BCUT2D eigenvalue weighted by Crippen LogP contribution is 2.28. The minimum Gasteiger partial charge on any atom is -0.395 e. The van der Waals surface area contributed by atoms with Gasteiger partial charge in [-0.3, -0.25) is 0 Å². The van der Waals surface area contributed by atoms with Gasteiger partial charge < -0.3 is 14.6 Å². The number of nitrogens with zero attached hydrogens (tertiary/aromatic N) is 3. The van der Waals surface area contributed by atoms with Crippen molar-refractivity contribution in [2.75, 3.05) is 24.6 Å². The molecular weight excluding hydrogens is 226 g/mol. The average Bonchev–Trinajstić information content (AvgIpc) is 2.59. The molecule has 2 rings (SSSR count).